The van der Waals surface area contributed by atoms with Crippen LogP contribution >= 0.6 is 22.9 Å². The second-order valence-electron chi connectivity index (χ2n) is 3.35. The lowest BCUT2D eigenvalue weighted by atomic mass is 10.1. The Labute approximate surface area is 112 Å². The zero-order valence-corrected chi connectivity index (χ0v) is 10.6. The van der Waals surface area contributed by atoms with Gasteiger partial charge in [0.15, 0.2) is 0 Å². The minimum Gasteiger partial charge on any atom is -0.320 e. The highest BCUT2D eigenvalue weighted by Gasteiger charge is 2.11. The fourth-order valence-electron chi connectivity index (χ4n) is 1.28. The standard InChI is InChI=1S/C11H7ClN4OS/c12-11-16-15-10(18-11)9(17)14-8-3-1-7(2-4-8)5-6-13/h1-4H,5H2,(H,14,17). The summed E-state index contributed by atoms with van der Waals surface area (Å²) in [4.78, 5) is 11.7. The average Bonchev–Trinajstić information content (AvgIpc) is 2.79. The smallest absolute Gasteiger partial charge is 0.286 e. The predicted octanol–water partition coefficient (Wildman–Crippen LogP) is 2.51. The molecule has 0 aliphatic heterocycles. The van der Waals surface area contributed by atoms with E-state index in [0.717, 1.165) is 16.9 Å². The summed E-state index contributed by atoms with van der Waals surface area (Å²) in [6.45, 7) is 0. The Balaban J connectivity index is 2.05. The Bertz CT molecular complexity index is 602. The molecule has 1 aromatic carbocycles. The van der Waals surface area contributed by atoms with Gasteiger partial charge in [-0.3, -0.25) is 4.79 Å². The molecule has 2 aromatic rings. The van der Waals surface area contributed by atoms with Crippen LogP contribution in [0.5, 0.6) is 0 Å². The van der Waals surface area contributed by atoms with Gasteiger partial charge in [-0.2, -0.15) is 5.26 Å². The highest BCUT2D eigenvalue weighted by molar-refractivity contribution is 7.17. The third-order valence-corrected chi connectivity index (χ3v) is 3.11. The molecule has 0 unspecified atom stereocenters. The number of rotatable bonds is 3. The number of benzene rings is 1. The summed E-state index contributed by atoms with van der Waals surface area (Å²) in [5.74, 6) is -0.354. The number of halogens is 1. The van der Waals surface area contributed by atoms with Gasteiger partial charge in [0.05, 0.1) is 12.5 Å². The Morgan fingerprint density at radius 1 is 1.39 bits per heavy atom. The number of nitrogens with zero attached hydrogens (tertiary/aromatic N) is 3. The number of hydrogen-bond acceptors (Lipinski definition) is 5. The molecule has 18 heavy (non-hydrogen) atoms. The molecule has 0 bridgehead atoms. The molecule has 0 radical (unpaired) electrons. The maximum atomic E-state index is 11.7. The van der Waals surface area contributed by atoms with Gasteiger partial charge in [-0.25, -0.2) is 0 Å². The van der Waals surface area contributed by atoms with Crippen LogP contribution in [0.25, 0.3) is 0 Å². The van der Waals surface area contributed by atoms with Crippen LogP contribution in [0.15, 0.2) is 24.3 Å². The lowest BCUT2D eigenvalue weighted by Gasteiger charge is -2.02. The first-order valence-corrected chi connectivity index (χ1v) is 6.15. The summed E-state index contributed by atoms with van der Waals surface area (Å²) in [7, 11) is 0. The van der Waals surface area contributed by atoms with Crippen LogP contribution in [-0.4, -0.2) is 16.1 Å². The molecule has 7 heteroatoms. The van der Waals surface area contributed by atoms with E-state index in [4.69, 9.17) is 16.9 Å². The summed E-state index contributed by atoms with van der Waals surface area (Å²) in [6, 6.07) is 9.08. The molecular weight excluding hydrogens is 272 g/mol. The van der Waals surface area contributed by atoms with Crippen molar-refractivity contribution < 1.29 is 4.79 Å². The number of amides is 1. The van der Waals surface area contributed by atoms with Crippen molar-refractivity contribution in [2.45, 2.75) is 6.42 Å². The van der Waals surface area contributed by atoms with E-state index in [2.05, 4.69) is 21.6 Å². The lowest BCUT2D eigenvalue weighted by Crippen LogP contribution is -2.11. The fourth-order valence-corrected chi connectivity index (χ4v) is 2.00. The first-order valence-electron chi connectivity index (χ1n) is 4.95. The second-order valence-corrected chi connectivity index (χ2v) is 4.91. The van der Waals surface area contributed by atoms with Crippen LogP contribution in [0.1, 0.15) is 15.4 Å². The largest absolute Gasteiger partial charge is 0.320 e. The Kier molecular flexibility index (Phi) is 3.87. The van der Waals surface area contributed by atoms with Crippen LogP contribution in [0.2, 0.25) is 4.47 Å². The summed E-state index contributed by atoms with van der Waals surface area (Å²) in [6.07, 6.45) is 0.347. The molecule has 0 atom stereocenters. The van der Waals surface area contributed by atoms with Crippen molar-refractivity contribution in [3.05, 3.63) is 39.3 Å². The fraction of sp³-hybridized carbons (Fsp3) is 0.0909. The molecule has 0 saturated heterocycles. The van der Waals surface area contributed by atoms with Crippen LogP contribution in [0, 0.1) is 11.3 Å². The molecular formula is C11H7ClN4OS. The first-order chi connectivity index (χ1) is 8.69. The molecule has 0 aliphatic rings. The van der Waals surface area contributed by atoms with E-state index in [9.17, 15) is 4.79 Å². The minimum atomic E-state index is -0.354. The van der Waals surface area contributed by atoms with Gasteiger partial charge in [-0.15, -0.1) is 10.2 Å². The molecule has 1 aromatic heterocycles. The summed E-state index contributed by atoms with van der Waals surface area (Å²) >= 11 is 6.61. The van der Waals surface area contributed by atoms with Crippen molar-refractivity contribution in [2.75, 3.05) is 5.32 Å². The molecule has 1 heterocycles. The summed E-state index contributed by atoms with van der Waals surface area (Å²) < 4.78 is 0.226. The Morgan fingerprint density at radius 3 is 2.67 bits per heavy atom. The number of nitrogens with one attached hydrogen (secondary N) is 1. The van der Waals surface area contributed by atoms with Gasteiger partial charge in [-0.05, 0) is 29.3 Å². The van der Waals surface area contributed by atoms with Gasteiger partial charge in [0, 0.05) is 5.69 Å². The number of hydrogen-bond donors (Lipinski definition) is 1. The van der Waals surface area contributed by atoms with Crippen molar-refractivity contribution in [1.82, 2.24) is 10.2 Å². The zero-order chi connectivity index (χ0) is 13.0. The molecule has 90 valence electrons. The van der Waals surface area contributed by atoms with Crippen molar-refractivity contribution in [3.63, 3.8) is 0 Å². The van der Waals surface area contributed by atoms with Gasteiger partial charge in [0.2, 0.25) is 9.47 Å². The maximum absolute atomic E-state index is 11.7. The maximum Gasteiger partial charge on any atom is 0.286 e. The van der Waals surface area contributed by atoms with Crippen molar-refractivity contribution in [1.29, 1.82) is 5.26 Å². The van der Waals surface area contributed by atoms with Gasteiger partial charge in [0.25, 0.3) is 5.91 Å². The molecule has 0 fully saturated rings. The lowest BCUT2D eigenvalue weighted by molar-refractivity contribution is 0.102. The molecule has 0 spiro atoms. The normalized spacial score (nSPS) is 9.78. The van der Waals surface area contributed by atoms with Gasteiger partial charge in [-0.1, -0.05) is 23.5 Å². The van der Waals surface area contributed by atoms with E-state index < -0.39 is 0 Å². The van der Waals surface area contributed by atoms with E-state index in [0.29, 0.717) is 12.1 Å². The first kappa shape index (κ1) is 12.5. The zero-order valence-electron chi connectivity index (χ0n) is 9.05. The van der Waals surface area contributed by atoms with Crippen LogP contribution < -0.4 is 5.32 Å². The van der Waals surface area contributed by atoms with E-state index in [1.165, 1.54) is 0 Å². The number of carbonyl (C=O) groups excluding carboxylic acids is 1. The molecule has 2 rings (SSSR count). The predicted molar refractivity (Wildman–Crippen MR) is 68.6 cm³/mol. The number of anilines is 1. The van der Waals surface area contributed by atoms with Gasteiger partial charge in [0.1, 0.15) is 0 Å². The van der Waals surface area contributed by atoms with Gasteiger partial charge < -0.3 is 5.32 Å². The summed E-state index contributed by atoms with van der Waals surface area (Å²) in [5, 5.41) is 18.6. The molecule has 1 amide bonds. The van der Waals surface area contributed by atoms with Crippen molar-refractivity contribution >= 4 is 34.5 Å². The molecule has 1 N–H and O–H groups in total. The summed E-state index contributed by atoms with van der Waals surface area (Å²) in [5.41, 5.74) is 1.53. The number of aromatic nitrogens is 2. The number of carbonyl (C=O) groups is 1. The van der Waals surface area contributed by atoms with E-state index in [1.54, 1.807) is 24.3 Å². The van der Waals surface area contributed by atoms with Gasteiger partial charge >= 0.3 is 0 Å². The van der Waals surface area contributed by atoms with Crippen LogP contribution in [0.4, 0.5) is 5.69 Å². The third-order valence-electron chi connectivity index (χ3n) is 2.09. The monoisotopic (exact) mass is 278 g/mol. The minimum absolute atomic E-state index is 0.209. The quantitative estimate of drug-likeness (QED) is 0.935. The van der Waals surface area contributed by atoms with Crippen LogP contribution in [-0.2, 0) is 6.42 Å². The molecule has 5 nitrogen and oxygen atoms in total. The van der Waals surface area contributed by atoms with E-state index >= 15 is 0 Å². The topological polar surface area (TPSA) is 78.7 Å². The highest BCUT2D eigenvalue weighted by atomic mass is 35.5. The Morgan fingerprint density at radius 2 is 2.11 bits per heavy atom. The second kappa shape index (κ2) is 5.58. The third kappa shape index (κ3) is 3.03. The Hall–Kier alpha value is -1.97. The van der Waals surface area contributed by atoms with E-state index in [1.807, 2.05) is 0 Å². The highest BCUT2D eigenvalue weighted by Crippen LogP contribution is 2.17. The number of nitriles is 1. The van der Waals surface area contributed by atoms with Crippen molar-refractivity contribution in [2.24, 2.45) is 0 Å². The average molecular weight is 279 g/mol. The molecule has 0 aliphatic carbocycles. The molecule has 0 saturated carbocycles. The SMILES string of the molecule is N#CCc1ccc(NC(=O)c2nnc(Cl)s2)cc1. The van der Waals surface area contributed by atoms with Crippen LogP contribution in [0.3, 0.4) is 0 Å². The van der Waals surface area contributed by atoms with Crippen molar-refractivity contribution in [3.8, 4) is 6.07 Å². The van der Waals surface area contributed by atoms with E-state index in [-0.39, 0.29) is 15.4 Å².